The van der Waals surface area contributed by atoms with Crippen LogP contribution in [0.1, 0.15) is 24.0 Å². The second kappa shape index (κ2) is 14.2. The van der Waals surface area contributed by atoms with Crippen molar-refractivity contribution in [3.63, 3.8) is 0 Å². The number of hydrogen-bond acceptors (Lipinski definition) is 6. The molecular weight excluding hydrogens is 545 g/mol. The van der Waals surface area contributed by atoms with E-state index in [1.54, 1.807) is 12.3 Å². The summed E-state index contributed by atoms with van der Waals surface area (Å²) in [5.41, 5.74) is 1.79. The Balaban J connectivity index is 0.000000317. The molecule has 2 N–H and O–H groups in total. The van der Waals surface area contributed by atoms with E-state index in [0.717, 1.165) is 37.1 Å². The zero-order valence-electron chi connectivity index (χ0n) is 20.2. The van der Waals surface area contributed by atoms with Gasteiger partial charge in [-0.15, -0.1) is 0 Å². The molecule has 2 saturated heterocycles. The molecule has 3 atom stereocenters. The Kier molecular flexibility index (Phi) is 11.6. The Labute approximate surface area is 218 Å². The van der Waals surface area contributed by atoms with E-state index in [4.69, 9.17) is 29.3 Å². The lowest BCUT2D eigenvalue weighted by atomic mass is 10.0. The number of ether oxygens (including phenoxy) is 2. The minimum absolute atomic E-state index is 0.0114. The molecule has 0 amide bonds. The summed E-state index contributed by atoms with van der Waals surface area (Å²) in [6.07, 6.45) is -4.38. The van der Waals surface area contributed by atoms with Gasteiger partial charge in [0.1, 0.15) is 11.9 Å². The van der Waals surface area contributed by atoms with Crippen molar-refractivity contribution in [1.29, 1.82) is 0 Å². The van der Waals surface area contributed by atoms with Gasteiger partial charge < -0.3 is 19.7 Å². The summed E-state index contributed by atoms with van der Waals surface area (Å²) in [5, 5.41) is 14.2. The average Bonchev–Trinajstić information content (AvgIpc) is 3.22. The van der Waals surface area contributed by atoms with Gasteiger partial charge in [0.05, 0.1) is 12.7 Å². The van der Waals surface area contributed by atoms with Gasteiger partial charge in [-0.1, -0.05) is 24.3 Å². The Morgan fingerprint density at radius 1 is 1.03 bits per heavy atom. The SMILES string of the molecule is Fc1ccccc1CN1C[C@@H](OCc2cccnc2)[C@H]2OCCC[C@H]21.O=C(O)C(F)(F)F.O=C(O)C(F)(F)F. The van der Waals surface area contributed by atoms with Crippen molar-refractivity contribution in [3.8, 4) is 0 Å². The molecule has 216 valence electrons. The third kappa shape index (κ3) is 10.4. The lowest BCUT2D eigenvalue weighted by Gasteiger charge is -2.32. The van der Waals surface area contributed by atoms with Gasteiger partial charge >= 0.3 is 24.3 Å². The summed E-state index contributed by atoms with van der Waals surface area (Å²) in [6, 6.07) is 11.2. The van der Waals surface area contributed by atoms with Crippen LogP contribution in [0.25, 0.3) is 0 Å². The summed E-state index contributed by atoms with van der Waals surface area (Å²) in [6.45, 7) is 2.67. The first kappa shape index (κ1) is 31.9. The van der Waals surface area contributed by atoms with Crippen LogP contribution in [0.3, 0.4) is 0 Å². The molecule has 4 rings (SSSR count). The molecule has 0 radical (unpaired) electrons. The number of pyridine rings is 1. The number of rotatable bonds is 5. The molecule has 2 aliphatic heterocycles. The van der Waals surface area contributed by atoms with Crippen molar-refractivity contribution in [2.24, 2.45) is 0 Å². The number of carbonyl (C=O) groups is 2. The number of aliphatic carboxylic acids is 2. The molecule has 2 aromatic rings. The average molecular weight is 570 g/mol. The standard InChI is InChI=1S/C20H23FN2O2.2C2HF3O2/c21-17-7-2-1-6-16(17)12-23-13-19(20-18(23)8-4-10-24-20)25-14-15-5-3-9-22-11-15;2*3-2(4,5)1(6)7/h1-3,5-7,9,11,18-20H,4,8,10,12-14H2;2*(H,6,7)/t18-,19-,20+;;/m1../s1. The number of nitrogens with zero attached hydrogens (tertiary/aromatic N) is 2. The number of halogens is 7. The van der Waals surface area contributed by atoms with Gasteiger partial charge in [0.2, 0.25) is 0 Å². The maximum atomic E-state index is 14.0. The quantitative estimate of drug-likeness (QED) is 0.509. The predicted molar refractivity (Wildman–Crippen MR) is 120 cm³/mol. The van der Waals surface area contributed by atoms with E-state index in [9.17, 15) is 30.7 Å². The molecule has 2 fully saturated rings. The molecular formula is C24H25F7N2O6. The van der Waals surface area contributed by atoms with E-state index in [2.05, 4.69) is 9.88 Å². The molecule has 3 heterocycles. The lowest BCUT2D eigenvalue weighted by Crippen LogP contribution is -2.41. The minimum Gasteiger partial charge on any atom is -0.475 e. The Bertz CT molecular complexity index is 1040. The van der Waals surface area contributed by atoms with Gasteiger partial charge in [0, 0.05) is 43.7 Å². The highest BCUT2D eigenvalue weighted by Crippen LogP contribution is 2.32. The van der Waals surface area contributed by atoms with Gasteiger partial charge in [-0.05, 0) is 30.5 Å². The molecule has 2 aliphatic rings. The normalized spacial score (nSPS) is 21.1. The van der Waals surface area contributed by atoms with Crippen molar-refractivity contribution in [1.82, 2.24) is 9.88 Å². The highest BCUT2D eigenvalue weighted by Gasteiger charge is 2.44. The van der Waals surface area contributed by atoms with E-state index in [0.29, 0.717) is 19.2 Å². The van der Waals surface area contributed by atoms with Crippen molar-refractivity contribution in [2.45, 2.75) is 56.6 Å². The second-order valence-corrected chi connectivity index (χ2v) is 8.38. The number of carboxylic acid groups (broad SMARTS) is 2. The van der Waals surface area contributed by atoms with Crippen LogP contribution >= 0.6 is 0 Å². The highest BCUT2D eigenvalue weighted by atomic mass is 19.4. The summed E-state index contributed by atoms with van der Waals surface area (Å²) in [7, 11) is 0. The van der Waals surface area contributed by atoms with E-state index >= 15 is 0 Å². The van der Waals surface area contributed by atoms with Gasteiger partial charge in [0.15, 0.2) is 0 Å². The first-order valence-electron chi connectivity index (χ1n) is 11.4. The number of fused-ring (bicyclic) bond motifs is 1. The molecule has 0 aliphatic carbocycles. The zero-order valence-corrected chi connectivity index (χ0v) is 20.2. The Hall–Kier alpha value is -3.30. The first-order chi connectivity index (χ1) is 18.2. The molecule has 0 spiro atoms. The summed E-state index contributed by atoms with van der Waals surface area (Å²) in [4.78, 5) is 24.2. The van der Waals surface area contributed by atoms with E-state index < -0.39 is 24.3 Å². The number of carboxylic acids is 2. The van der Waals surface area contributed by atoms with Crippen molar-refractivity contribution in [2.75, 3.05) is 13.2 Å². The van der Waals surface area contributed by atoms with Crippen LogP contribution in [0.4, 0.5) is 30.7 Å². The number of aromatic nitrogens is 1. The van der Waals surface area contributed by atoms with E-state index in [-0.39, 0.29) is 18.0 Å². The lowest BCUT2D eigenvalue weighted by molar-refractivity contribution is -0.193. The minimum atomic E-state index is -5.08. The van der Waals surface area contributed by atoms with Crippen LogP contribution in [0.15, 0.2) is 48.8 Å². The van der Waals surface area contributed by atoms with Gasteiger partial charge in [0.25, 0.3) is 0 Å². The van der Waals surface area contributed by atoms with Gasteiger partial charge in [-0.25, -0.2) is 14.0 Å². The maximum absolute atomic E-state index is 14.0. The number of alkyl halides is 6. The van der Waals surface area contributed by atoms with Crippen LogP contribution in [0.5, 0.6) is 0 Å². The molecule has 39 heavy (non-hydrogen) atoms. The largest absolute Gasteiger partial charge is 0.490 e. The predicted octanol–water partition coefficient (Wildman–Crippen LogP) is 4.44. The van der Waals surface area contributed by atoms with Gasteiger partial charge in [-0.2, -0.15) is 26.3 Å². The molecule has 1 aromatic heterocycles. The monoisotopic (exact) mass is 570 g/mol. The van der Waals surface area contributed by atoms with E-state index in [1.165, 1.54) is 6.07 Å². The molecule has 0 unspecified atom stereocenters. The van der Waals surface area contributed by atoms with Gasteiger partial charge in [-0.3, -0.25) is 9.88 Å². The Morgan fingerprint density at radius 2 is 1.64 bits per heavy atom. The summed E-state index contributed by atoms with van der Waals surface area (Å²) >= 11 is 0. The fourth-order valence-electron chi connectivity index (χ4n) is 3.86. The first-order valence-corrected chi connectivity index (χ1v) is 11.4. The number of benzene rings is 1. The van der Waals surface area contributed by atoms with E-state index in [1.807, 2.05) is 30.5 Å². The van der Waals surface area contributed by atoms with Crippen molar-refractivity contribution in [3.05, 3.63) is 65.7 Å². The zero-order chi connectivity index (χ0) is 29.2. The third-order valence-electron chi connectivity index (χ3n) is 5.59. The fourth-order valence-corrected chi connectivity index (χ4v) is 3.86. The summed E-state index contributed by atoms with van der Waals surface area (Å²) in [5.74, 6) is -5.66. The molecule has 0 saturated carbocycles. The smallest absolute Gasteiger partial charge is 0.475 e. The van der Waals surface area contributed by atoms with Crippen LogP contribution in [0.2, 0.25) is 0 Å². The number of hydrogen-bond donors (Lipinski definition) is 2. The molecule has 1 aromatic carbocycles. The highest BCUT2D eigenvalue weighted by molar-refractivity contribution is 5.73. The number of likely N-dealkylation sites (tertiary alicyclic amines) is 1. The topological polar surface area (TPSA) is 109 Å². The molecule has 0 bridgehead atoms. The maximum Gasteiger partial charge on any atom is 0.490 e. The molecule has 15 heteroatoms. The molecule has 8 nitrogen and oxygen atoms in total. The van der Waals surface area contributed by atoms with Crippen LogP contribution < -0.4 is 0 Å². The van der Waals surface area contributed by atoms with Crippen LogP contribution in [0, 0.1) is 5.82 Å². The van der Waals surface area contributed by atoms with Crippen LogP contribution in [-0.4, -0.2) is 75.8 Å². The summed E-state index contributed by atoms with van der Waals surface area (Å²) < 4.78 is 89.7. The fraction of sp³-hybridized carbons (Fsp3) is 0.458. The van der Waals surface area contributed by atoms with Crippen LogP contribution in [-0.2, 0) is 32.2 Å². The Morgan fingerprint density at radius 3 is 2.18 bits per heavy atom. The van der Waals surface area contributed by atoms with Crippen molar-refractivity contribution >= 4 is 11.9 Å². The second-order valence-electron chi connectivity index (χ2n) is 8.38. The van der Waals surface area contributed by atoms with Crippen molar-refractivity contribution < 1.29 is 60.0 Å². The third-order valence-corrected chi connectivity index (χ3v) is 5.59.